The summed E-state index contributed by atoms with van der Waals surface area (Å²) in [6.07, 6.45) is 0. The summed E-state index contributed by atoms with van der Waals surface area (Å²) < 4.78 is 29.6. The van der Waals surface area contributed by atoms with E-state index in [0.717, 1.165) is 0 Å². The van der Waals surface area contributed by atoms with Gasteiger partial charge in [-0.2, -0.15) is 0 Å². The number of aryl methyl sites for hydroxylation is 1. The van der Waals surface area contributed by atoms with Crippen LogP contribution in [0.2, 0.25) is 0 Å². The molecule has 0 aliphatic heterocycles. The maximum absolute atomic E-state index is 13.3. The summed E-state index contributed by atoms with van der Waals surface area (Å²) in [6, 6.07) is 5.97. The molecule has 1 atom stereocenters. The molecule has 0 saturated carbocycles. The Kier molecular flexibility index (Phi) is 3.09. The normalized spacial score (nSPS) is 12.6. The quantitative estimate of drug-likeness (QED) is 0.821. The summed E-state index contributed by atoms with van der Waals surface area (Å²) in [7, 11) is -1.47. The highest BCUT2D eigenvalue weighted by Crippen LogP contribution is 2.15. The third-order valence-electron chi connectivity index (χ3n) is 2.10. The van der Waals surface area contributed by atoms with E-state index >= 15 is 0 Å². The number of hydrogen-bond donors (Lipinski definition) is 0. The molecule has 2 rings (SSSR count). The molecule has 0 spiro atoms. The van der Waals surface area contributed by atoms with Crippen LogP contribution in [-0.2, 0) is 16.6 Å². The average molecular weight is 240 g/mol. The fraction of sp³-hybridized carbons (Fsp3) is 0.200. The van der Waals surface area contributed by atoms with Crippen LogP contribution >= 0.6 is 0 Å². The van der Waals surface area contributed by atoms with Crippen LogP contribution in [0.4, 0.5) is 4.39 Å². The van der Waals surface area contributed by atoms with Crippen molar-refractivity contribution in [2.75, 3.05) is 0 Å². The topological polar surface area (TPSA) is 56.0 Å². The van der Waals surface area contributed by atoms with E-state index in [4.69, 9.17) is 0 Å². The highest BCUT2D eigenvalue weighted by molar-refractivity contribution is 7.84. The maximum atomic E-state index is 13.3. The first-order chi connectivity index (χ1) is 7.68. The van der Waals surface area contributed by atoms with Gasteiger partial charge in [0.1, 0.15) is 17.2 Å². The predicted molar refractivity (Wildman–Crippen MR) is 55.5 cm³/mol. The first-order valence-corrected chi connectivity index (χ1v) is 5.91. The Bertz CT molecular complexity index is 527. The molecule has 0 aliphatic rings. The van der Waals surface area contributed by atoms with Crippen molar-refractivity contribution in [3.05, 3.63) is 41.5 Å². The van der Waals surface area contributed by atoms with Crippen LogP contribution in [0.25, 0.3) is 0 Å². The molecule has 0 radical (unpaired) electrons. The molecule has 84 valence electrons. The third-order valence-corrected chi connectivity index (χ3v) is 3.45. The molecule has 0 aliphatic carbocycles. The van der Waals surface area contributed by atoms with Crippen molar-refractivity contribution < 1.29 is 13.2 Å². The summed E-state index contributed by atoms with van der Waals surface area (Å²) in [5, 5.41) is 7.18. The summed E-state index contributed by atoms with van der Waals surface area (Å²) in [5.74, 6) is -0.369. The molecule has 1 aromatic heterocycles. The van der Waals surface area contributed by atoms with Crippen LogP contribution < -0.4 is 0 Å². The minimum Gasteiger partial charge on any atom is -0.254 e. The molecule has 4 nitrogen and oxygen atoms in total. The van der Waals surface area contributed by atoms with Gasteiger partial charge in [-0.05, 0) is 19.1 Å². The number of hydrogen-bond acceptors (Lipinski definition) is 4. The average Bonchev–Trinajstić information content (AvgIpc) is 2.65. The van der Waals surface area contributed by atoms with Crippen molar-refractivity contribution in [2.24, 2.45) is 0 Å². The van der Waals surface area contributed by atoms with E-state index in [2.05, 4.69) is 14.9 Å². The molecule has 2 aromatic rings. The van der Waals surface area contributed by atoms with Crippen molar-refractivity contribution in [1.82, 2.24) is 10.3 Å². The molecule has 1 unspecified atom stereocenters. The lowest BCUT2D eigenvalue weighted by molar-refractivity contribution is 0.302. The van der Waals surface area contributed by atoms with Gasteiger partial charge in [0.2, 0.25) is 0 Å². The molecule has 0 amide bonds. The van der Waals surface area contributed by atoms with Gasteiger partial charge in [-0.25, -0.2) is 9.02 Å². The SMILES string of the molecule is Cc1nonc1CS(=O)c1ccccc1F. The largest absolute Gasteiger partial charge is 0.254 e. The van der Waals surface area contributed by atoms with E-state index in [9.17, 15) is 8.60 Å². The lowest BCUT2D eigenvalue weighted by atomic mass is 10.3. The lowest BCUT2D eigenvalue weighted by Gasteiger charge is -2.00. The highest BCUT2D eigenvalue weighted by atomic mass is 32.2. The van der Waals surface area contributed by atoms with E-state index < -0.39 is 16.6 Å². The van der Waals surface area contributed by atoms with Crippen molar-refractivity contribution in [1.29, 1.82) is 0 Å². The first kappa shape index (κ1) is 10.9. The van der Waals surface area contributed by atoms with Gasteiger partial charge in [0, 0.05) is 0 Å². The maximum Gasteiger partial charge on any atom is 0.139 e. The van der Waals surface area contributed by atoms with Gasteiger partial charge < -0.3 is 0 Å². The van der Waals surface area contributed by atoms with Gasteiger partial charge in [-0.1, -0.05) is 22.4 Å². The van der Waals surface area contributed by atoms with Gasteiger partial charge in [-0.3, -0.25) is 4.21 Å². The van der Waals surface area contributed by atoms with Crippen LogP contribution in [0.5, 0.6) is 0 Å². The summed E-state index contributed by atoms with van der Waals surface area (Å²) in [5.41, 5.74) is 1.06. The van der Waals surface area contributed by atoms with Crippen molar-refractivity contribution >= 4 is 10.8 Å². The lowest BCUT2D eigenvalue weighted by Crippen LogP contribution is -2.00. The fourth-order valence-corrected chi connectivity index (χ4v) is 2.39. The van der Waals surface area contributed by atoms with E-state index in [1.165, 1.54) is 12.1 Å². The Morgan fingerprint density at radius 1 is 1.38 bits per heavy atom. The molecule has 1 heterocycles. The molecule has 0 saturated heterocycles. The zero-order valence-electron chi connectivity index (χ0n) is 8.51. The van der Waals surface area contributed by atoms with Crippen LogP contribution in [0.15, 0.2) is 33.8 Å². The van der Waals surface area contributed by atoms with E-state index in [0.29, 0.717) is 11.4 Å². The number of aromatic nitrogens is 2. The molecule has 0 N–H and O–H groups in total. The summed E-state index contributed by atoms with van der Waals surface area (Å²) >= 11 is 0. The van der Waals surface area contributed by atoms with Crippen molar-refractivity contribution in [3.63, 3.8) is 0 Å². The smallest absolute Gasteiger partial charge is 0.139 e. The molecule has 1 aromatic carbocycles. The first-order valence-electron chi connectivity index (χ1n) is 4.59. The van der Waals surface area contributed by atoms with E-state index in [1.54, 1.807) is 19.1 Å². The van der Waals surface area contributed by atoms with Crippen LogP contribution in [0.1, 0.15) is 11.4 Å². The van der Waals surface area contributed by atoms with E-state index in [1.807, 2.05) is 0 Å². The number of nitrogens with zero attached hydrogens (tertiary/aromatic N) is 2. The Morgan fingerprint density at radius 2 is 2.12 bits per heavy atom. The Hall–Kier alpha value is -1.56. The van der Waals surface area contributed by atoms with Crippen LogP contribution in [0.3, 0.4) is 0 Å². The summed E-state index contributed by atoms with van der Waals surface area (Å²) in [4.78, 5) is 0.171. The van der Waals surface area contributed by atoms with Crippen LogP contribution in [-0.4, -0.2) is 14.5 Å². The van der Waals surface area contributed by atoms with Gasteiger partial charge in [0.15, 0.2) is 0 Å². The van der Waals surface area contributed by atoms with Crippen molar-refractivity contribution in [3.8, 4) is 0 Å². The second-order valence-corrected chi connectivity index (χ2v) is 4.64. The third kappa shape index (κ3) is 2.16. The van der Waals surface area contributed by atoms with Gasteiger partial charge in [0.25, 0.3) is 0 Å². The number of benzene rings is 1. The molecule has 0 fully saturated rings. The zero-order chi connectivity index (χ0) is 11.5. The van der Waals surface area contributed by atoms with Gasteiger partial charge >= 0.3 is 0 Å². The minimum absolute atomic E-state index is 0.107. The Morgan fingerprint density at radius 3 is 2.75 bits per heavy atom. The summed E-state index contributed by atoms with van der Waals surface area (Å²) in [6.45, 7) is 1.70. The number of halogens is 1. The second kappa shape index (κ2) is 4.52. The standard InChI is InChI=1S/C10H9FN2O2S/c1-7-9(13-15-12-7)6-16(14)10-5-3-2-4-8(10)11/h2-5H,6H2,1H3. The van der Waals surface area contributed by atoms with Gasteiger partial charge in [-0.15, -0.1) is 0 Å². The second-order valence-electron chi connectivity index (χ2n) is 3.22. The molecule has 6 heteroatoms. The predicted octanol–water partition coefficient (Wildman–Crippen LogP) is 1.82. The van der Waals surface area contributed by atoms with Crippen LogP contribution in [0, 0.1) is 12.7 Å². The monoisotopic (exact) mass is 240 g/mol. The van der Waals surface area contributed by atoms with Crippen molar-refractivity contribution in [2.45, 2.75) is 17.6 Å². The number of rotatable bonds is 3. The molecule has 16 heavy (non-hydrogen) atoms. The van der Waals surface area contributed by atoms with E-state index in [-0.39, 0.29) is 10.6 Å². The minimum atomic E-state index is -1.47. The molecular weight excluding hydrogens is 231 g/mol. The highest BCUT2D eigenvalue weighted by Gasteiger charge is 2.14. The Balaban J connectivity index is 2.22. The fourth-order valence-electron chi connectivity index (χ4n) is 1.21. The Labute approximate surface area is 93.9 Å². The molecular formula is C10H9FN2O2S. The van der Waals surface area contributed by atoms with Gasteiger partial charge in [0.05, 0.1) is 21.4 Å². The zero-order valence-corrected chi connectivity index (χ0v) is 9.33. The molecule has 0 bridgehead atoms.